The van der Waals surface area contributed by atoms with E-state index in [0.717, 1.165) is 18.7 Å². The van der Waals surface area contributed by atoms with E-state index in [2.05, 4.69) is 10.6 Å². The van der Waals surface area contributed by atoms with Gasteiger partial charge in [0.1, 0.15) is 0 Å². The van der Waals surface area contributed by atoms with Crippen LogP contribution in [0.4, 0.5) is 5.69 Å². The third-order valence-electron chi connectivity index (χ3n) is 3.51. The first kappa shape index (κ1) is 13.5. The van der Waals surface area contributed by atoms with Gasteiger partial charge < -0.3 is 15.7 Å². The van der Waals surface area contributed by atoms with Crippen LogP contribution in [0.1, 0.15) is 12.5 Å². The summed E-state index contributed by atoms with van der Waals surface area (Å²) in [4.78, 5) is 22.5. The van der Waals surface area contributed by atoms with Crippen LogP contribution in [0.2, 0.25) is 0 Å². The molecule has 1 atom stereocenters. The van der Waals surface area contributed by atoms with E-state index in [4.69, 9.17) is 5.11 Å². The number of amides is 1. The van der Waals surface area contributed by atoms with Gasteiger partial charge in [0.2, 0.25) is 5.91 Å². The normalized spacial score (nSPS) is 16.5. The van der Waals surface area contributed by atoms with Crippen molar-refractivity contribution in [3.05, 3.63) is 29.8 Å². The molecule has 0 radical (unpaired) electrons. The second-order valence-corrected chi connectivity index (χ2v) is 4.96. The van der Waals surface area contributed by atoms with Crippen molar-refractivity contribution in [2.24, 2.45) is 11.8 Å². The number of benzene rings is 1. The van der Waals surface area contributed by atoms with Crippen molar-refractivity contribution in [1.29, 1.82) is 0 Å². The third kappa shape index (κ3) is 3.54. The molecule has 1 amide bonds. The quantitative estimate of drug-likeness (QED) is 0.742. The van der Waals surface area contributed by atoms with Crippen LogP contribution in [0, 0.1) is 11.8 Å². The molecule has 1 aliphatic heterocycles. The summed E-state index contributed by atoms with van der Waals surface area (Å²) in [5.74, 6) is -0.452. The number of hydrogen-bond donors (Lipinski definition) is 3. The molecule has 3 N–H and O–H groups in total. The lowest BCUT2D eigenvalue weighted by atomic mass is 9.88. The molecule has 0 saturated carbocycles. The highest BCUT2D eigenvalue weighted by Gasteiger charge is 2.28. The number of nitrogens with one attached hydrogen (secondary N) is 2. The summed E-state index contributed by atoms with van der Waals surface area (Å²) in [7, 11) is 0. The average Bonchev–Trinajstić information content (AvgIpc) is 2.28. The molecule has 0 aliphatic carbocycles. The van der Waals surface area contributed by atoms with E-state index in [1.54, 1.807) is 24.3 Å². The lowest BCUT2D eigenvalue weighted by Crippen LogP contribution is -2.48. The topological polar surface area (TPSA) is 78.4 Å². The SMILES string of the molecule is CC(C(=O)Nc1ccc(CC(=O)O)cc1)C1CNC1. The van der Waals surface area contributed by atoms with E-state index in [1.165, 1.54) is 0 Å². The van der Waals surface area contributed by atoms with Crippen molar-refractivity contribution in [2.45, 2.75) is 13.3 Å². The van der Waals surface area contributed by atoms with Gasteiger partial charge in [-0.2, -0.15) is 0 Å². The van der Waals surface area contributed by atoms with Gasteiger partial charge in [0.25, 0.3) is 0 Å². The van der Waals surface area contributed by atoms with E-state index < -0.39 is 5.97 Å². The second kappa shape index (κ2) is 5.84. The zero-order valence-electron chi connectivity index (χ0n) is 10.8. The number of aliphatic carboxylic acids is 1. The maximum absolute atomic E-state index is 12.0. The van der Waals surface area contributed by atoms with Gasteiger partial charge in [0, 0.05) is 11.6 Å². The number of carboxylic acid groups (broad SMARTS) is 1. The minimum absolute atomic E-state index is 0.00161. The van der Waals surface area contributed by atoms with Gasteiger partial charge in [-0.05, 0) is 36.7 Å². The minimum atomic E-state index is -0.858. The van der Waals surface area contributed by atoms with Crippen LogP contribution < -0.4 is 10.6 Å². The fourth-order valence-corrected chi connectivity index (χ4v) is 2.02. The molecular formula is C14H18N2O3. The van der Waals surface area contributed by atoms with Gasteiger partial charge in [-0.15, -0.1) is 0 Å². The minimum Gasteiger partial charge on any atom is -0.481 e. The number of carbonyl (C=O) groups excluding carboxylic acids is 1. The Hall–Kier alpha value is -1.88. The number of carboxylic acids is 1. The molecule has 0 spiro atoms. The zero-order valence-corrected chi connectivity index (χ0v) is 10.8. The molecule has 1 fully saturated rings. The highest BCUT2D eigenvalue weighted by molar-refractivity contribution is 5.92. The predicted molar refractivity (Wildman–Crippen MR) is 71.9 cm³/mol. The van der Waals surface area contributed by atoms with Crippen molar-refractivity contribution in [3.8, 4) is 0 Å². The van der Waals surface area contributed by atoms with Gasteiger partial charge in [0.05, 0.1) is 6.42 Å². The number of hydrogen-bond acceptors (Lipinski definition) is 3. The Kier molecular flexibility index (Phi) is 4.16. The fraction of sp³-hybridized carbons (Fsp3) is 0.429. The molecule has 5 heteroatoms. The summed E-state index contributed by atoms with van der Waals surface area (Å²) in [6, 6.07) is 6.92. The van der Waals surface area contributed by atoms with Crippen molar-refractivity contribution in [1.82, 2.24) is 5.32 Å². The average molecular weight is 262 g/mol. The van der Waals surface area contributed by atoms with Crippen LogP contribution in [0.15, 0.2) is 24.3 Å². The Morgan fingerprint density at radius 1 is 1.37 bits per heavy atom. The molecule has 2 rings (SSSR count). The molecule has 1 saturated heterocycles. The molecule has 1 aromatic carbocycles. The Bertz CT molecular complexity index is 466. The van der Waals surface area contributed by atoms with Crippen molar-refractivity contribution >= 4 is 17.6 Å². The maximum atomic E-state index is 12.0. The van der Waals surface area contributed by atoms with Crippen molar-refractivity contribution in [2.75, 3.05) is 18.4 Å². The lowest BCUT2D eigenvalue weighted by molar-refractivity contribution is -0.136. The van der Waals surface area contributed by atoms with Gasteiger partial charge in [-0.25, -0.2) is 0 Å². The lowest BCUT2D eigenvalue weighted by Gasteiger charge is -2.31. The first-order valence-electron chi connectivity index (χ1n) is 6.38. The molecule has 1 aromatic rings. The largest absolute Gasteiger partial charge is 0.481 e. The second-order valence-electron chi connectivity index (χ2n) is 4.96. The van der Waals surface area contributed by atoms with E-state index in [0.29, 0.717) is 11.6 Å². The summed E-state index contributed by atoms with van der Waals surface area (Å²) in [5, 5.41) is 14.7. The number of carbonyl (C=O) groups is 2. The van der Waals surface area contributed by atoms with Crippen molar-refractivity contribution in [3.63, 3.8) is 0 Å². The monoisotopic (exact) mass is 262 g/mol. The molecule has 5 nitrogen and oxygen atoms in total. The number of rotatable bonds is 5. The summed E-state index contributed by atoms with van der Waals surface area (Å²) < 4.78 is 0. The highest BCUT2D eigenvalue weighted by Crippen LogP contribution is 2.18. The summed E-state index contributed by atoms with van der Waals surface area (Å²) >= 11 is 0. The van der Waals surface area contributed by atoms with E-state index in [1.807, 2.05) is 6.92 Å². The third-order valence-corrected chi connectivity index (χ3v) is 3.51. The Balaban J connectivity index is 1.91. The number of anilines is 1. The van der Waals surface area contributed by atoms with Crippen LogP contribution in [-0.2, 0) is 16.0 Å². The van der Waals surface area contributed by atoms with E-state index >= 15 is 0 Å². The van der Waals surface area contributed by atoms with Gasteiger partial charge in [-0.1, -0.05) is 19.1 Å². The van der Waals surface area contributed by atoms with Crippen molar-refractivity contribution < 1.29 is 14.7 Å². The Morgan fingerprint density at radius 2 is 2.00 bits per heavy atom. The molecule has 19 heavy (non-hydrogen) atoms. The summed E-state index contributed by atoms with van der Waals surface area (Å²) in [6.07, 6.45) is -0.00161. The van der Waals surface area contributed by atoms with Crippen LogP contribution >= 0.6 is 0 Å². The van der Waals surface area contributed by atoms with Crippen LogP contribution in [0.5, 0.6) is 0 Å². The first-order chi connectivity index (χ1) is 9.06. The van der Waals surface area contributed by atoms with Crippen LogP contribution in [0.25, 0.3) is 0 Å². The van der Waals surface area contributed by atoms with Crippen LogP contribution in [-0.4, -0.2) is 30.1 Å². The maximum Gasteiger partial charge on any atom is 0.307 e. The summed E-state index contributed by atoms with van der Waals surface area (Å²) in [6.45, 7) is 3.72. The van der Waals surface area contributed by atoms with E-state index in [-0.39, 0.29) is 18.2 Å². The molecule has 0 aromatic heterocycles. The Morgan fingerprint density at radius 3 is 2.47 bits per heavy atom. The molecular weight excluding hydrogens is 244 g/mol. The fourth-order valence-electron chi connectivity index (χ4n) is 2.02. The van der Waals surface area contributed by atoms with Crippen LogP contribution in [0.3, 0.4) is 0 Å². The summed E-state index contributed by atoms with van der Waals surface area (Å²) in [5.41, 5.74) is 1.43. The molecule has 1 unspecified atom stereocenters. The Labute approximate surface area is 112 Å². The molecule has 1 aliphatic rings. The highest BCUT2D eigenvalue weighted by atomic mass is 16.4. The van der Waals surface area contributed by atoms with Gasteiger partial charge in [-0.3, -0.25) is 9.59 Å². The molecule has 0 bridgehead atoms. The zero-order chi connectivity index (χ0) is 13.8. The standard InChI is InChI=1S/C14H18N2O3/c1-9(11-7-15-8-11)14(19)16-12-4-2-10(3-5-12)6-13(17)18/h2-5,9,11,15H,6-8H2,1H3,(H,16,19)(H,17,18). The smallest absolute Gasteiger partial charge is 0.307 e. The molecule has 1 heterocycles. The van der Waals surface area contributed by atoms with E-state index in [9.17, 15) is 9.59 Å². The first-order valence-corrected chi connectivity index (χ1v) is 6.38. The van der Waals surface area contributed by atoms with Gasteiger partial charge >= 0.3 is 5.97 Å². The molecule has 102 valence electrons. The predicted octanol–water partition coefficient (Wildman–Crippen LogP) is 1.11. The van der Waals surface area contributed by atoms with Gasteiger partial charge in [0.15, 0.2) is 0 Å².